The van der Waals surface area contributed by atoms with Crippen molar-refractivity contribution >= 4 is 5.97 Å². The number of para-hydroxylation sites is 1. The summed E-state index contributed by atoms with van der Waals surface area (Å²) in [6.07, 6.45) is 2.15. The summed E-state index contributed by atoms with van der Waals surface area (Å²) >= 11 is 0. The largest absolute Gasteiger partial charge is 0.493 e. The van der Waals surface area contributed by atoms with Gasteiger partial charge in [-0.1, -0.05) is 18.2 Å². The molecule has 0 bridgehead atoms. The fourth-order valence-corrected chi connectivity index (χ4v) is 2.25. The van der Waals surface area contributed by atoms with Gasteiger partial charge in [0.15, 0.2) is 0 Å². The van der Waals surface area contributed by atoms with Gasteiger partial charge in [0.1, 0.15) is 17.3 Å². The van der Waals surface area contributed by atoms with E-state index in [0.717, 1.165) is 17.7 Å². The molecule has 0 spiro atoms. The molecular weight excluding hydrogens is 232 g/mol. The van der Waals surface area contributed by atoms with Crippen LogP contribution in [0.2, 0.25) is 0 Å². The van der Waals surface area contributed by atoms with Gasteiger partial charge in [0, 0.05) is 11.5 Å². The molecule has 2 N–H and O–H groups in total. The number of imidazole rings is 1. The Bertz CT molecular complexity index is 591. The Morgan fingerprint density at radius 3 is 3.06 bits per heavy atom. The van der Waals surface area contributed by atoms with Gasteiger partial charge in [-0.05, 0) is 12.5 Å². The van der Waals surface area contributed by atoms with E-state index in [1.165, 1.54) is 6.20 Å². The topological polar surface area (TPSA) is 75.2 Å². The molecule has 1 unspecified atom stereocenters. The number of benzene rings is 1. The molecule has 1 aromatic carbocycles. The number of carboxylic acid groups (broad SMARTS) is 1. The van der Waals surface area contributed by atoms with Crippen molar-refractivity contribution in [2.24, 2.45) is 0 Å². The minimum Gasteiger partial charge on any atom is -0.493 e. The van der Waals surface area contributed by atoms with E-state index in [2.05, 4.69) is 9.97 Å². The lowest BCUT2D eigenvalue weighted by atomic mass is 9.92. The summed E-state index contributed by atoms with van der Waals surface area (Å²) in [5.41, 5.74) is 1.17. The summed E-state index contributed by atoms with van der Waals surface area (Å²) in [5.74, 6) is 0.613. The van der Waals surface area contributed by atoms with Gasteiger partial charge in [-0.3, -0.25) is 0 Å². The van der Waals surface area contributed by atoms with Crippen molar-refractivity contribution in [3.05, 3.63) is 47.5 Å². The van der Waals surface area contributed by atoms with Crippen molar-refractivity contribution in [3.8, 4) is 5.75 Å². The van der Waals surface area contributed by atoms with E-state index >= 15 is 0 Å². The van der Waals surface area contributed by atoms with Crippen LogP contribution in [0.5, 0.6) is 5.75 Å². The molecular formula is C13H12N2O3. The highest BCUT2D eigenvalue weighted by atomic mass is 16.5. The fraction of sp³-hybridized carbons (Fsp3) is 0.231. The smallest absolute Gasteiger partial charge is 0.353 e. The molecule has 5 nitrogen and oxygen atoms in total. The van der Waals surface area contributed by atoms with Gasteiger partial charge >= 0.3 is 5.97 Å². The normalized spacial score (nSPS) is 17.9. The van der Waals surface area contributed by atoms with Gasteiger partial charge in [-0.25, -0.2) is 9.78 Å². The molecule has 3 rings (SSSR count). The average Bonchev–Trinajstić information content (AvgIpc) is 2.87. The number of H-pyrrole nitrogens is 1. The maximum Gasteiger partial charge on any atom is 0.353 e. The van der Waals surface area contributed by atoms with Gasteiger partial charge in [-0.2, -0.15) is 0 Å². The average molecular weight is 244 g/mol. The maximum atomic E-state index is 10.8. The molecule has 0 saturated heterocycles. The summed E-state index contributed by atoms with van der Waals surface area (Å²) in [5, 5.41) is 8.90. The third-order valence-electron chi connectivity index (χ3n) is 3.11. The first-order chi connectivity index (χ1) is 8.75. The zero-order valence-corrected chi connectivity index (χ0v) is 9.59. The molecule has 92 valence electrons. The molecule has 0 amide bonds. The number of hydrogen-bond acceptors (Lipinski definition) is 3. The van der Waals surface area contributed by atoms with Crippen LogP contribution in [0.1, 0.15) is 34.2 Å². The zero-order chi connectivity index (χ0) is 12.5. The maximum absolute atomic E-state index is 10.8. The molecule has 2 heterocycles. The SMILES string of the molecule is O=C(O)c1cnc(C2CCOc3ccccc32)[nH]1. The van der Waals surface area contributed by atoms with Crippen molar-refractivity contribution in [2.45, 2.75) is 12.3 Å². The fourth-order valence-electron chi connectivity index (χ4n) is 2.25. The first kappa shape index (κ1) is 10.8. The van der Waals surface area contributed by atoms with Crippen LogP contribution in [-0.4, -0.2) is 27.7 Å². The third kappa shape index (κ3) is 1.73. The van der Waals surface area contributed by atoms with Gasteiger partial charge in [-0.15, -0.1) is 0 Å². The number of aromatic carboxylic acids is 1. The Morgan fingerprint density at radius 1 is 1.44 bits per heavy atom. The second kappa shape index (κ2) is 4.18. The zero-order valence-electron chi connectivity index (χ0n) is 9.59. The van der Waals surface area contributed by atoms with Gasteiger partial charge in [0.2, 0.25) is 0 Å². The summed E-state index contributed by atoms with van der Waals surface area (Å²) in [6, 6.07) is 7.78. The highest BCUT2D eigenvalue weighted by molar-refractivity contribution is 5.85. The lowest BCUT2D eigenvalue weighted by molar-refractivity contribution is 0.0691. The number of ether oxygens (including phenoxy) is 1. The number of aromatic nitrogens is 2. The Hall–Kier alpha value is -2.30. The van der Waals surface area contributed by atoms with Crippen LogP contribution in [0.25, 0.3) is 0 Å². The number of fused-ring (bicyclic) bond motifs is 1. The number of rotatable bonds is 2. The molecule has 18 heavy (non-hydrogen) atoms. The van der Waals surface area contributed by atoms with Crippen molar-refractivity contribution in [3.63, 3.8) is 0 Å². The van der Waals surface area contributed by atoms with Crippen molar-refractivity contribution in [1.82, 2.24) is 9.97 Å². The standard InChI is InChI=1S/C13H12N2O3/c16-13(17)10-7-14-12(15-10)9-5-6-18-11-4-2-1-3-8(9)11/h1-4,7,9H,5-6H2,(H,14,15)(H,16,17). The van der Waals surface area contributed by atoms with Crippen LogP contribution in [0.15, 0.2) is 30.5 Å². The van der Waals surface area contributed by atoms with Crippen molar-refractivity contribution in [1.29, 1.82) is 0 Å². The van der Waals surface area contributed by atoms with E-state index in [1.807, 2.05) is 24.3 Å². The summed E-state index contributed by atoms with van der Waals surface area (Å²) in [4.78, 5) is 17.9. The first-order valence-electron chi connectivity index (χ1n) is 5.75. The Morgan fingerprint density at radius 2 is 2.28 bits per heavy atom. The van der Waals surface area contributed by atoms with Crippen LogP contribution in [0, 0.1) is 0 Å². The van der Waals surface area contributed by atoms with E-state index in [4.69, 9.17) is 9.84 Å². The number of nitrogens with zero attached hydrogens (tertiary/aromatic N) is 1. The van der Waals surface area contributed by atoms with Crippen LogP contribution < -0.4 is 4.74 Å². The second-order valence-corrected chi connectivity index (χ2v) is 4.21. The summed E-state index contributed by atoms with van der Waals surface area (Å²) < 4.78 is 5.57. The molecule has 1 aliphatic rings. The van der Waals surface area contributed by atoms with Crippen molar-refractivity contribution in [2.75, 3.05) is 6.61 Å². The second-order valence-electron chi connectivity index (χ2n) is 4.21. The minimum atomic E-state index is -0.992. The highest BCUT2D eigenvalue weighted by Gasteiger charge is 2.25. The third-order valence-corrected chi connectivity index (χ3v) is 3.11. The molecule has 0 saturated carbocycles. The van der Waals surface area contributed by atoms with Crippen molar-refractivity contribution < 1.29 is 14.6 Å². The molecule has 2 aromatic rings. The van der Waals surface area contributed by atoms with Gasteiger partial charge in [0.05, 0.1) is 12.8 Å². The summed E-state index contributed by atoms with van der Waals surface area (Å²) in [7, 11) is 0. The van der Waals surface area contributed by atoms with E-state index in [1.54, 1.807) is 0 Å². The highest BCUT2D eigenvalue weighted by Crippen LogP contribution is 2.36. The number of carbonyl (C=O) groups is 1. The van der Waals surface area contributed by atoms with Gasteiger partial charge < -0.3 is 14.8 Å². The first-order valence-corrected chi connectivity index (χ1v) is 5.75. The Kier molecular flexibility index (Phi) is 2.51. The molecule has 5 heteroatoms. The predicted molar refractivity (Wildman–Crippen MR) is 63.9 cm³/mol. The molecule has 0 radical (unpaired) electrons. The number of carboxylic acids is 1. The quantitative estimate of drug-likeness (QED) is 0.847. The van der Waals surface area contributed by atoms with Crippen LogP contribution >= 0.6 is 0 Å². The molecule has 0 aliphatic carbocycles. The van der Waals surface area contributed by atoms with Crippen LogP contribution in [0.4, 0.5) is 0 Å². The van der Waals surface area contributed by atoms with Crippen LogP contribution in [-0.2, 0) is 0 Å². The van der Waals surface area contributed by atoms with E-state index in [-0.39, 0.29) is 11.6 Å². The lowest BCUT2D eigenvalue weighted by Crippen LogP contribution is -2.16. The number of aromatic amines is 1. The molecule has 1 aromatic heterocycles. The molecule has 0 fully saturated rings. The van der Waals surface area contributed by atoms with Gasteiger partial charge in [0.25, 0.3) is 0 Å². The van der Waals surface area contributed by atoms with Crippen LogP contribution in [0.3, 0.4) is 0 Å². The number of nitrogens with one attached hydrogen (secondary N) is 1. The number of hydrogen-bond donors (Lipinski definition) is 2. The molecule has 1 atom stereocenters. The van der Waals surface area contributed by atoms with E-state index < -0.39 is 5.97 Å². The molecule has 1 aliphatic heterocycles. The minimum absolute atomic E-state index is 0.0723. The lowest BCUT2D eigenvalue weighted by Gasteiger charge is -2.24. The Labute approximate surface area is 103 Å². The van der Waals surface area contributed by atoms with E-state index in [9.17, 15) is 4.79 Å². The summed E-state index contributed by atoms with van der Waals surface area (Å²) in [6.45, 7) is 0.616. The monoisotopic (exact) mass is 244 g/mol. The van der Waals surface area contributed by atoms with E-state index in [0.29, 0.717) is 12.4 Å². The Balaban J connectivity index is 2.00. The predicted octanol–water partition coefficient (Wildman–Crippen LogP) is 2.02.